The summed E-state index contributed by atoms with van der Waals surface area (Å²) in [6.07, 6.45) is 1.83. The van der Waals surface area contributed by atoms with E-state index in [4.69, 9.17) is 0 Å². The standard InChI is InChI=1S/C18H18N2O/c21-13-12-20(14-15-6-2-1-3-7-15)18-17-9-5-4-8-16(17)10-11-19-18/h1-11,21H,12-14H2. The summed E-state index contributed by atoms with van der Waals surface area (Å²) in [5.41, 5.74) is 1.21. The molecular formula is C18H18N2O. The number of fused-ring (bicyclic) bond motifs is 1. The number of nitrogens with zero attached hydrogens (tertiary/aromatic N) is 2. The molecule has 1 N–H and O–H groups in total. The average molecular weight is 278 g/mol. The van der Waals surface area contributed by atoms with E-state index in [1.54, 1.807) is 0 Å². The van der Waals surface area contributed by atoms with Gasteiger partial charge in [0.05, 0.1) is 6.61 Å². The first-order chi connectivity index (χ1) is 10.4. The molecule has 0 atom stereocenters. The van der Waals surface area contributed by atoms with Gasteiger partial charge in [0.2, 0.25) is 0 Å². The van der Waals surface area contributed by atoms with Gasteiger partial charge in [-0.15, -0.1) is 0 Å². The Kier molecular flexibility index (Phi) is 4.12. The maximum atomic E-state index is 9.38. The van der Waals surface area contributed by atoms with Crippen LogP contribution in [0, 0.1) is 0 Å². The number of rotatable bonds is 5. The Morgan fingerprint density at radius 2 is 1.67 bits per heavy atom. The molecule has 21 heavy (non-hydrogen) atoms. The highest BCUT2D eigenvalue weighted by Gasteiger charge is 2.11. The quantitative estimate of drug-likeness (QED) is 0.778. The maximum absolute atomic E-state index is 9.38. The first-order valence-electron chi connectivity index (χ1n) is 7.12. The Morgan fingerprint density at radius 3 is 2.48 bits per heavy atom. The van der Waals surface area contributed by atoms with Crippen LogP contribution in [0.15, 0.2) is 66.9 Å². The fourth-order valence-corrected chi connectivity index (χ4v) is 2.54. The molecule has 2 aromatic carbocycles. The first-order valence-corrected chi connectivity index (χ1v) is 7.12. The summed E-state index contributed by atoms with van der Waals surface area (Å²) in [7, 11) is 0. The molecule has 0 aliphatic rings. The van der Waals surface area contributed by atoms with Crippen molar-refractivity contribution >= 4 is 16.6 Å². The molecule has 3 heteroatoms. The second kappa shape index (κ2) is 6.37. The van der Waals surface area contributed by atoms with Crippen LogP contribution in [0.3, 0.4) is 0 Å². The number of hydrogen-bond donors (Lipinski definition) is 1. The molecule has 1 heterocycles. The van der Waals surface area contributed by atoms with Gasteiger partial charge in [-0.3, -0.25) is 0 Å². The van der Waals surface area contributed by atoms with Gasteiger partial charge >= 0.3 is 0 Å². The summed E-state index contributed by atoms with van der Waals surface area (Å²) < 4.78 is 0. The number of aromatic nitrogens is 1. The molecule has 0 aliphatic heterocycles. The van der Waals surface area contributed by atoms with Gasteiger partial charge in [-0.05, 0) is 17.0 Å². The van der Waals surface area contributed by atoms with Crippen LogP contribution in [0.2, 0.25) is 0 Å². The third-order valence-corrected chi connectivity index (χ3v) is 3.54. The molecular weight excluding hydrogens is 260 g/mol. The van der Waals surface area contributed by atoms with Crippen molar-refractivity contribution in [2.45, 2.75) is 6.54 Å². The molecule has 0 spiro atoms. The van der Waals surface area contributed by atoms with Crippen LogP contribution in [0.5, 0.6) is 0 Å². The van der Waals surface area contributed by atoms with Crippen molar-refractivity contribution in [1.82, 2.24) is 4.98 Å². The van der Waals surface area contributed by atoms with Crippen LogP contribution < -0.4 is 4.90 Å². The first kappa shape index (κ1) is 13.6. The van der Waals surface area contributed by atoms with E-state index < -0.39 is 0 Å². The second-order valence-electron chi connectivity index (χ2n) is 4.99. The van der Waals surface area contributed by atoms with E-state index in [0.29, 0.717) is 6.54 Å². The third kappa shape index (κ3) is 3.03. The highest BCUT2D eigenvalue weighted by atomic mass is 16.3. The second-order valence-corrected chi connectivity index (χ2v) is 4.99. The summed E-state index contributed by atoms with van der Waals surface area (Å²) >= 11 is 0. The zero-order valence-electron chi connectivity index (χ0n) is 11.8. The van der Waals surface area contributed by atoms with Crippen molar-refractivity contribution in [3.8, 4) is 0 Å². The fourth-order valence-electron chi connectivity index (χ4n) is 2.54. The van der Waals surface area contributed by atoms with Crippen molar-refractivity contribution < 1.29 is 5.11 Å². The Labute approximate surface area is 124 Å². The summed E-state index contributed by atoms with van der Waals surface area (Å²) in [6.45, 7) is 1.41. The topological polar surface area (TPSA) is 36.4 Å². The Balaban J connectivity index is 1.99. The lowest BCUT2D eigenvalue weighted by atomic mass is 10.1. The molecule has 0 amide bonds. The van der Waals surface area contributed by atoms with E-state index in [9.17, 15) is 5.11 Å². The Hall–Kier alpha value is -2.39. The van der Waals surface area contributed by atoms with Crippen LogP contribution in [0.25, 0.3) is 10.8 Å². The van der Waals surface area contributed by atoms with Gasteiger partial charge < -0.3 is 10.0 Å². The number of anilines is 1. The normalized spacial score (nSPS) is 10.7. The molecule has 3 rings (SSSR count). The summed E-state index contributed by atoms with van der Waals surface area (Å²) in [5, 5.41) is 11.7. The minimum Gasteiger partial charge on any atom is -0.395 e. The third-order valence-electron chi connectivity index (χ3n) is 3.54. The van der Waals surface area contributed by atoms with Crippen LogP contribution in [-0.2, 0) is 6.54 Å². The number of aliphatic hydroxyl groups excluding tert-OH is 1. The van der Waals surface area contributed by atoms with E-state index in [-0.39, 0.29) is 6.61 Å². The largest absolute Gasteiger partial charge is 0.395 e. The molecule has 0 unspecified atom stereocenters. The maximum Gasteiger partial charge on any atom is 0.136 e. The summed E-state index contributed by atoms with van der Waals surface area (Å²) in [6, 6.07) is 20.5. The molecule has 0 bridgehead atoms. The van der Waals surface area contributed by atoms with E-state index in [2.05, 4.69) is 34.1 Å². The van der Waals surface area contributed by atoms with Gasteiger partial charge in [-0.1, -0.05) is 54.6 Å². The van der Waals surface area contributed by atoms with E-state index in [1.807, 2.05) is 42.6 Å². The number of aliphatic hydroxyl groups is 1. The van der Waals surface area contributed by atoms with E-state index in [0.717, 1.165) is 17.7 Å². The van der Waals surface area contributed by atoms with Gasteiger partial charge in [0.25, 0.3) is 0 Å². The lowest BCUT2D eigenvalue weighted by Crippen LogP contribution is -2.27. The molecule has 0 radical (unpaired) electrons. The van der Waals surface area contributed by atoms with Crippen LogP contribution in [-0.4, -0.2) is 23.2 Å². The molecule has 0 fully saturated rings. The number of benzene rings is 2. The molecule has 106 valence electrons. The Bertz CT molecular complexity index is 707. The molecule has 3 nitrogen and oxygen atoms in total. The van der Waals surface area contributed by atoms with Gasteiger partial charge in [-0.25, -0.2) is 4.98 Å². The molecule has 0 saturated heterocycles. The van der Waals surface area contributed by atoms with Crippen molar-refractivity contribution in [3.05, 3.63) is 72.4 Å². The average Bonchev–Trinajstić information content (AvgIpc) is 2.55. The zero-order chi connectivity index (χ0) is 14.5. The van der Waals surface area contributed by atoms with Gasteiger partial charge in [0, 0.05) is 24.7 Å². The highest BCUT2D eigenvalue weighted by Crippen LogP contribution is 2.25. The molecule has 3 aromatic rings. The summed E-state index contributed by atoms with van der Waals surface area (Å²) in [5.74, 6) is 0.922. The number of pyridine rings is 1. The van der Waals surface area contributed by atoms with Crippen LogP contribution in [0.4, 0.5) is 5.82 Å². The summed E-state index contributed by atoms with van der Waals surface area (Å²) in [4.78, 5) is 6.66. The number of hydrogen-bond acceptors (Lipinski definition) is 3. The smallest absolute Gasteiger partial charge is 0.136 e. The molecule has 1 aromatic heterocycles. The van der Waals surface area contributed by atoms with Crippen molar-refractivity contribution in [3.63, 3.8) is 0 Å². The van der Waals surface area contributed by atoms with Crippen LogP contribution >= 0.6 is 0 Å². The van der Waals surface area contributed by atoms with Gasteiger partial charge in [-0.2, -0.15) is 0 Å². The lowest BCUT2D eigenvalue weighted by molar-refractivity contribution is 0.301. The van der Waals surface area contributed by atoms with Gasteiger partial charge in [0.15, 0.2) is 0 Å². The van der Waals surface area contributed by atoms with Crippen molar-refractivity contribution in [1.29, 1.82) is 0 Å². The zero-order valence-corrected chi connectivity index (χ0v) is 11.8. The van der Waals surface area contributed by atoms with Crippen molar-refractivity contribution in [2.75, 3.05) is 18.1 Å². The molecule has 0 saturated carbocycles. The predicted molar refractivity (Wildman–Crippen MR) is 86.3 cm³/mol. The van der Waals surface area contributed by atoms with Gasteiger partial charge in [0.1, 0.15) is 5.82 Å². The highest BCUT2D eigenvalue weighted by molar-refractivity contribution is 5.92. The SMILES string of the molecule is OCCN(Cc1ccccc1)c1nccc2ccccc12. The fraction of sp³-hybridized carbons (Fsp3) is 0.167. The van der Waals surface area contributed by atoms with E-state index >= 15 is 0 Å². The molecule has 0 aliphatic carbocycles. The minimum atomic E-state index is 0.109. The Morgan fingerprint density at radius 1 is 0.905 bits per heavy atom. The monoisotopic (exact) mass is 278 g/mol. The lowest BCUT2D eigenvalue weighted by Gasteiger charge is -2.24. The minimum absolute atomic E-state index is 0.109. The van der Waals surface area contributed by atoms with Crippen molar-refractivity contribution in [2.24, 2.45) is 0 Å². The van der Waals surface area contributed by atoms with Crippen LogP contribution in [0.1, 0.15) is 5.56 Å². The van der Waals surface area contributed by atoms with E-state index in [1.165, 1.54) is 10.9 Å². The predicted octanol–water partition coefficient (Wildman–Crippen LogP) is 3.23.